The number of anilines is 1. The molecule has 0 aliphatic carbocycles. The van der Waals surface area contributed by atoms with E-state index in [0.29, 0.717) is 23.7 Å². The Morgan fingerprint density at radius 1 is 1.06 bits per heavy atom. The molecule has 8 nitrogen and oxygen atoms in total. The van der Waals surface area contributed by atoms with E-state index in [2.05, 4.69) is 15.6 Å². The highest BCUT2D eigenvalue weighted by Gasteiger charge is 2.32. The topological polar surface area (TPSA) is 107 Å². The first kappa shape index (κ1) is 21.1. The molecule has 1 amide bonds. The molecule has 168 valence electrons. The zero-order valence-electron chi connectivity index (χ0n) is 17.9. The summed E-state index contributed by atoms with van der Waals surface area (Å²) in [5.41, 5.74) is 3.58. The molecule has 0 saturated carbocycles. The number of rotatable bonds is 5. The van der Waals surface area contributed by atoms with Crippen LogP contribution in [0.15, 0.2) is 71.3 Å². The number of hydrogen-bond acceptors (Lipinski definition) is 6. The second-order valence-corrected chi connectivity index (χ2v) is 10.4. The zero-order chi connectivity index (χ0) is 23.0. The highest BCUT2D eigenvalue weighted by Crippen LogP contribution is 2.30. The fourth-order valence-corrected chi connectivity index (χ4v) is 5.59. The van der Waals surface area contributed by atoms with E-state index >= 15 is 0 Å². The molecule has 1 fully saturated rings. The van der Waals surface area contributed by atoms with E-state index in [-0.39, 0.29) is 23.2 Å². The lowest BCUT2D eigenvalue weighted by Gasteiger charge is -2.13. The molecular formula is C24H22N4O4S. The van der Waals surface area contributed by atoms with Crippen molar-refractivity contribution in [3.63, 3.8) is 0 Å². The Morgan fingerprint density at radius 2 is 1.82 bits per heavy atom. The SMILES string of the molecule is Cc1ccc(-c2cc(C(=O)Nc3cc(-c4ccccc4)nn3[C@H]3CCS(=O)(=O)C3)no2)cc1. The number of nitrogens with zero attached hydrogens (tertiary/aromatic N) is 3. The quantitative estimate of drug-likeness (QED) is 0.478. The highest BCUT2D eigenvalue weighted by molar-refractivity contribution is 7.91. The van der Waals surface area contributed by atoms with Crippen LogP contribution in [0.1, 0.15) is 28.5 Å². The van der Waals surface area contributed by atoms with Gasteiger partial charge in [-0.1, -0.05) is 65.3 Å². The number of hydrogen-bond donors (Lipinski definition) is 1. The van der Waals surface area contributed by atoms with Crippen molar-refractivity contribution in [1.82, 2.24) is 14.9 Å². The van der Waals surface area contributed by atoms with Crippen molar-refractivity contribution in [2.75, 3.05) is 16.8 Å². The maximum atomic E-state index is 13.0. The second-order valence-electron chi connectivity index (χ2n) is 8.18. The minimum Gasteiger partial charge on any atom is -0.355 e. The Hall–Kier alpha value is -3.72. The van der Waals surface area contributed by atoms with Crippen LogP contribution in [0.2, 0.25) is 0 Å². The number of sulfone groups is 1. The third-order valence-corrected chi connectivity index (χ3v) is 7.43. The largest absolute Gasteiger partial charge is 0.355 e. The Morgan fingerprint density at radius 3 is 2.52 bits per heavy atom. The summed E-state index contributed by atoms with van der Waals surface area (Å²) in [6.45, 7) is 1.99. The molecule has 4 aromatic rings. The lowest BCUT2D eigenvalue weighted by molar-refractivity contribution is 0.101. The van der Waals surface area contributed by atoms with Crippen LogP contribution in [-0.4, -0.2) is 40.8 Å². The molecule has 0 spiro atoms. The van der Waals surface area contributed by atoms with E-state index in [1.807, 2.05) is 61.5 Å². The minimum atomic E-state index is -3.13. The lowest BCUT2D eigenvalue weighted by Crippen LogP contribution is -2.19. The predicted molar refractivity (Wildman–Crippen MR) is 125 cm³/mol. The summed E-state index contributed by atoms with van der Waals surface area (Å²) in [5, 5.41) is 11.4. The van der Waals surface area contributed by atoms with Crippen LogP contribution in [-0.2, 0) is 9.84 Å². The Bertz CT molecular complexity index is 1410. The molecule has 0 unspecified atom stereocenters. The summed E-state index contributed by atoms with van der Waals surface area (Å²) in [6.07, 6.45) is 0.447. The van der Waals surface area contributed by atoms with Gasteiger partial charge in [-0.15, -0.1) is 0 Å². The molecule has 0 radical (unpaired) electrons. The van der Waals surface area contributed by atoms with Crippen LogP contribution in [0.5, 0.6) is 0 Å². The summed E-state index contributed by atoms with van der Waals surface area (Å²) in [7, 11) is -3.13. The first-order valence-electron chi connectivity index (χ1n) is 10.6. The first-order chi connectivity index (χ1) is 15.9. The molecule has 1 saturated heterocycles. The van der Waals surface area contributed by atoms with Gasteiger partial charge in [0.2, 0.25) is 0 Å². The number of benzene rings is 2. The summed E-state index contributed by atoms with van der Waals surface area (Å²) in [6, 6.07) is 20.2. The van der Waals surface area contributed by atoms with Crippen molar-refractivity contribution in [3.8, 4) is 22.6 Å². The molecule has 2 aromatic carbocycles. The van der Waals surface area contributed by atoms with Gasteiger partial charge < -0.3 is 9.84 Å². The molecule has 2 aromatic heterocycles. The standard InChI is InChI=1S/C24H22N4O4S/c1-16-7-9-18(10-8-16)22-13-21(27-32-22)24(29)25-23-14-20(17-5-3-2-4-6-17)26-28(23)19-11-12-33(30,31)15-19/h2-10,13-14,19H,11-12,15H2,1H3,(H,25,29)/t19-/m0/s1. The van der Waals surface area contributed by atoms with Gasteiger partial charge in [0.1, 0.15) is 5.82 Å². The molecule has 1 aliphatic rings. The monoisotopic (exact) mass is 462 g/mol. The number of aromatic nitrogens is 3. The molecular weight excluding hydrogens is 440 g/mol. The summed E-state index contributed by atoms with van der Waals surface area (Å²) in [5.74, 6) is 0.544. The van der Waals surface area contributed by atoms with E-state index in [1.165, 1.54) is 0 Å². The maximum absolute atomic E-state index is 13.0. The van der Waals surface area contributed by atoms with Gasteiger partial charge in [-0.25, -0.2) is 13.1 Å². The Kier molecular flexibility index (Phi) is 5.33. The van der Waals surface area contributed by atoms with Crippen molar-refractivity contribution < 1.29 is 17.7 Å². The van der Waals surface area contributed by atoms with Crippen LogP contribution in [0.25, 0.3) is 22.6 Å². The van der Waals surface area contributed by atoms with E-state index in [4.69, 9.17) is 4.52 Å². The Balaban J connectivity index is 1.44. The van der Waals surface area contributed by atoms with Gasteiger partial charge in [-0.2, -0.15) is 5.10 Å². The van der Waals surface area contributed by atoms with Crippen LogP contribution in [0, 0.1) is 6.92 Å². The van der Waals surface area contributed by atoms with Gasteiger partial charge >= 0.3 is 0 Å². The van der Waals surface area contributed by atoms with Crippen LogP contribution < -0.4 is 5.32 Å². The Labute approximate surface area is 191 Å². The fourth-order valence-electron chi connectivity index (χ4n) is 3.90. The van der Waals surface area contributed by atoms with Gasteiger partial charge in [-0.3, -0.25) is 4.79 Å². The van der Waals surface area contributed by atoms with E-state index in [1.54, 1.807) is 16.8 Å². The van der Waals surface area contributed by atoms with E-state index in [0.717, 1.165) is 16.7 Å². The maximum Gasteiger partial charge on any atom is 0.279 e. The smallest absolute Gasteiger partial charge is 0.279 e. The van der Waals surface area contributed by atoms with Crippen molar-refractivity contribution in [2.24, 2.45) is 0 Å². The van der Waals surface area contributed by atoms with E-state index in [9.17, 15) is 13.2 Å². The molecule has 1 N–H and O–H groups in total. The molecule has 5 rings (SSSR count). The van der Waals surface area contributed by atoms with Crippen molar-refractivity contribution in [2.45, 2.75) is 19.4 Å². The summed E-state index contributed by atoms with van der Waals surface area (Å²) >= 11 is 0. The minimum absolute atomic E-state index is 0.00663. The third-order valence-electron chi connectivity index (χ3n) is 5.68. The number of carbonyl (C=O) groups is 1. The van der Waals surface area contributed by atoms with Crippen LogP contribution in [0.3, 0.4) is 0 Å². The predicted octanol–water partition coefficient (Wildman–Crippen LogP) is 4.13. The molecule has 0 bridgehead atoms. The molecule has 1 aliphatic heterocycles. The van der Waals surface area contributed by atoms with Gasteiger partial charge in [-0.05, 0) is 13.3 Å². The highest BCUT2D eigenvalue weighted by atomic mass is 32.2. The fraction of sp³-hybridized carbons (Fsp3) is 0.208. The van der Waals surface area contributed by atoms with Crippen molar-refractivity contribution in [1.29, 1.82) is 0 Å². The van der Waals surface area contributed by atoms with Gasteiger partial charge in [0.15, 0.2) is 21.3 Å². The van der Waals surface area contributed by atoms with Crippen LogP contribution in [0.4, 0.5) is 5.82 Å². The lowest BCUT2D eigenvalue weighted by atomic mass is 10.1. The average molecular weight is 463 g/mol. The molecule has 33 heavy (non-hydrogen) atoms. The van der Waals surface area contributed by atoms with Gasteiger partial charge in [0.25, 0.3) is 5.91 Å². The average Bonchev–Trinajstić information content (AvgIpc) is 3.53. The van der Waals surface area contributed by atoms with E-state index < -0.39 is 15.7 Å². The van der Waals surface area contributed by atoms with Gasteiger partial charge in [0.05, 0.1) is 23.2 Å². The summed E-state index contributed by atoms with van der Waals surface area (Å²) < 4.78 is 31.1. The third kappa shape index (κ3) is 4.45. The van der Waals surface area contributed by atoms with Crippen molar-refractivity contribution in [3.05, 3.63) is 78.0 Å². The first-order valence-corrected chi connectivity index (χ1v) is 12.4. The number of amides is 1. The summed E-state index contributed by atoms with van der Waals surface area (Å²) in [4.78, 5) is 13.0. The van der Waals surface area contributed by atoms with Crippen molar-refractivity contribution >= 4 is 21.6 Å². The van der Waals surface area contributed by atoms with Gasteiger partial charge in [0, 0.05) is 23.3 Å². The number of aryl methyl sites for hydroxylation is 1. The van der Waals surface area contributed by atoms with Crippen LogP contribution >= 0.6 is 0 Å². The molecule has 3 heterocycles. The number of nitrogens with one attached hydrogen (secondary N) is 1. The second kappa shape index (κ2) is 8.32. The zero-order valence-corrected chi connectivity index (χ0v) is 18.7. The molecule has 9 heteroatoms. The number of carbonyl (C=O) groups excluding carboxylic acids is 1. The normalized spacial score (nSPS) is 17.2. The molecule has 1 atom stereocenters.